The molecule has 0 spiro atoms. The van der Waals surface area contributed by atoms with Gasteiger partial charge in [0.15, 0.2) is 0 Å². The molecule has 0 saturated carbocycles. The molecule has 2 N–H and O–H groups in total. The van der Waals surface area contributed by atoms with E-state index in [1.54, 1.807) is 42.6 Å². The molecular weight excluding hydrogens is 218 g/mol. The van der Waals surface area contributed by atoms with Crippen LogP contribution in [0, 0.1) is 0 Å². The third kappa shape index (κ3) is 1.83. The number of esters is 1. The van der Waals surface area contributed by atoms with E-state index < -0.39 is 11.6 Å². The van der Waals surface area contributed by atoms with Crippen molar-refractivity contribution < 1.29 is 14.6 Å². The van der Waals surface area contributed by atoms with Crippen molar-refractivity contribution in [3.63, 3.8) is 0 Å². The molecule has 2 rings (SSSR count). The molecule has 1 heterocycles. The maximum absolute atomic E-state index is 11.8. The summed E-state index contributed by atoms with van der Waals surface area (Å²) < 4.78 is 4.68. The summed E-state index contributed by atoms with van der Waals surface area (Å²) in [6, 6.07) is 12.0. The number of ether oxygens (including phenoxy) is 1. The fraction of sp³-hybridized carbons (Fsp3) is 0.154. The molecule has 0 aliphatic rings. The van der Waals surface area contributed by atoms with Gasteiger partial charge in [-0.1, -0.05) is 30.3 Å². The number of aromatic nitrogens is 1. The van der Waals surface area contributed by atoms with Crippen LogP contribution in [0.2, 0.25) is 0 Å². The molecule has 2 aromatic rings. The van der Waals surface area contributed by atoms with Gasteiger partial charge in [0.05, 0.1) is 12.8 Å². The highest BCUT2D eigenvalue weighted by molar-refractivity contribution is 5.84. The lowest BCUT2D eigenvalue weighted by atomic mass is 9.90. The number of carbonyl (C=O) groups excluding carboxylic acids is 1. The van der Waals surface area contributed by atoms with Crippen LogP contribution in [-0.4, -0.2) is 23.2 Å². The van der Waals surface area contributed by atoms with Gasteiger partial charge >= 0.3 is 5.97 Å². The largest absolute Gasteiger partial charge is 0.466 e. The quantitative estimate of drug-likeness (QED) is 0.785. The maximum Gasteiger partial charge on any atom is 0.348 e. The molecule has 0 radical (unpaired) electrons. The summed E-state index contributed by atoms with van der Waals surface area (Å²) in [5.41, 5.74) is -0.940. The van der Waals surface area contributed by atoms with Crippen molar-refractivity contribution in [2.24, 2.45) is 0 Å². The third-order valence-corrected chi connectivity index (χ3v) is 2.66. The number of hydrogen-bond donors (Lipinski definition) is 2. The van der Waals surface area contributed by atoms with Gasteiger partial charge in [-0.3, -0.25) is 0 Å². The van der Waals surface area contributed by atoms with Crippen LogP contribution in [0.25, 0.3) is 0 Å². The van der Waals surface area contributed by atoms with Crippen molar-refractivity contribution in [3.05, 3.63) is 59.9 Å². The molecule has 1 atom stereocenters. The predicted octanol–water partition coefficient (Wildman–Crippen LogP) is 1.42. The number of methoxy groups -OCH3 is 1. The summed E-state index contributed by atoms with van der Waals surface area (Å²) in [6.07, 6.45) is 1.65. The molecule has 0 saturated heterocycles. The lowest BCUT2D eigenvalue weighted by Gasteiger charge is -2.24. The van der Waals surface area contributed by atoms with E-state index in [0.29, 0.717) is 11.3 Å². The van der Waals surface area contributed by atoms with E-state index in [2.05, 4.69) is 9.72 Å². The molecule has 1 aromatic carbocycles. The second-order valence-electron chi connectivity index (χ2n) is 3.65. The van der Waals surface area contributed by atoms with Crippen LogP contribution in [0.5, 0.6) is 0 Å². The second kappa shape index (κ2) is 4.43. The average Bonchev–Trinajstić information content (AvgIpc) is 2.92. The van der Waals surface area contributed by atoms with Crippen molar-refractivity contribution in [3.8, 4) is 0 Å². The van der Waals surface area contributed by atoms with E-state index in [9.17, 15) is 9.90 Å². The molecular formula is C13H13NO3. The smallest absolute Gasteiger partial charge is 0.348 e. The summed E-state index contributed by atoms with van der Waals surface area (Å²) >= 11 is 0. The number of H-pyrrole nitrogens is 1. The molecule has 0 fully saturated rings. The van der Waals surface area contributed by atoms with Crippen LogP contribution in [0.1, 0.15) is 11.3 Å². The molecule has 0 bridgehead atoms. The Hall–Kier alpha value is -2.07. The Morgan fingerprint density at radius 3 is 2.47 bits per heavy atom. The van der Waals surface area contributed by atoms with E-state index in [-0.39, 0.29) is 0 Å². The Balaban J connectivity index is 2.56. The zero-order valence-corrected chi connectivity index (χ0v) is 9.38. The fourth-order valence-electron chi connectivity index (χ4n) is 1.77. The number of rotatable bonds is 3. The molecule has 4 heteroatoms. The first-order chi connectivity index (χ1) is 8.19. The van der Waals surface area contributed by atoms with Gasteiger partial charge in [-0.25, -0.2) is 4.79 Å². The lowest BCUT2D eigenvalue weighted by Crippen LogP contribution is -2.38. The Morgan fingerprint density at radius 2 is 1.94 bits per heavy atom. The Morgan fingerprint density at radius 1 is 1.24 bits per heavy atom. The Labute approximate surface area is 98.9 Å². The van der Waals surface area contributed by atoms with E-state index in [0.717, 1.165) is 0 Å². The average molecular weight is 231 g/mol. The monoisotopic (exact) mass is 231 g/mol. The van der Waals surface area contributed by atoms with Crippen LogP contribution < -0.4 is 0 Å². The summed E-state index contributed by atoms with van der Waals surface area (Å²) in [7, 11) is 1.25. The Kier molecular flexibility index (Phi) is 2.97. The molecule has 0 aliphatic carbocycles. The van der Waals surface area contributed by atoms with Gasteiger partial charge in [0.1, 0.15) is 0 Å². The first-order valence-corrected chi connectivity index (χ1v) is 5.19. The zero-order chi connectivity index (χ0) is 12.3. The Bertz CT molecular complexity index is 493. The highest BCUT2D eigenvalue weighted by Gasteiger charge is 2.42. The third-order valence-electron chi connectivity index (χ3n) is 2.66. The first-order valence-electron chi connectivity index (χ1n) is 5.19. The lowest BCUT2D eigenvalue weighted by molar-refractivity contribution is -0.159. The van der Waals surface area contributed by atoms with Crippen LogP contribution in [0.15, 0.2) is 48.7 Å². The van der Waals surface area contributed by atoms with Gasteiger partial charge in [0.2, 0.25) is 5.60 Å². The van der Waals surface area contributed by atoms with Crippen LogP contribution in [0.4, 0.5) is 0 Å². The fourth-order valence-corrected chi connectivity index (χ4v) is 1.77. The van der Waals surface area contributed by atoms with Crippen molar-refractivity contribution in [1.29, 1.82) is 0 Å². The molecule has 88 valence electrons. The summed E-state index contributed by atoms with van der Waals surface area (Å²) in [6.45, 7) is 0. The second-order valence-corrected chi connectivity index (χ2v) is 3.65. The minimum atomic E-state index is -1.79. The van der Waals surface area contributed by atoms with Crippen LogP contribution in [0.3, 0.4) is 0 Å². The molecule has 17 heavy (non-hydrogen) atoms. The van der Waals surface area contributed by atoms with Crippen molar-refractivity contribution in [2.45, 2.75) is 5.60 Å². The number of carbonyl (C=O) groups is 1. The van der Waals surface area contributed by atoms with Gasteiger partial charge in [-0.05, 0) is 12.1 Å². The predicted molar refractivity (Wildman–Crippen MR) is 62.2 cm³/mol. The number of hydrogen-bond acceptors (Lipinski definition) is 3. The van der Waals surface area contributed by atoms with Gasteiger partial charge in [0, 0.05) is 11.8 Å². The number of nitrogens with one attached hydrogen (secondary N) is 1. The number of benzene rings is 1. The molecule has 4 nitrogen and oxygen atoms in total. The van der Waals surface area contributed by atoms with Gasteiger partial charge in [-0.2, -0.15) is 0 Å². The molecule has 1 aromatic heterocycles. The van der Waals surface area contributed by atoms with Gasteiger partial charge in [-0.15, -0.1) is 0 Å². The minimum absolute atomic E-state index is 0.385. The first kappa shape index (κ1) is 11.4. The minimum Gasteiger partial charge on any atom is -0.466 e. The summed E-state index contributed by atoms with van der Waals surface area (Å²) in [4.78, 5) is 14.7. The molecule has 0 unspecified atom stereocenters. The summed E-state index contributed by atoms with van der Waals surface area (Å²) in [5.74, 6) is -0.717. The standard InChI is InChI=1S/C13H13NO3/c1-17-12(15)13(16,11-8-5-9-14-11)10-6-3-2-4-7-10/h2-9,14,16H,1H3/t13-/m1/s1. The van der Waals surface area contributed by atoms with Crippen molar-refractivity contribution in [2.75, 3.05) is 7.11 Å². The normalized spacial score (nSPS) is 14.0. The van der Waals surface area contributed by atoms with Gasteiger partial charge in [0.25, 0.3) is 0 Å². The van der Waals surface area contributed by atoms with E-state index in [1.165, 1.54) is 7.11 Å². The number of aliphatic hydroxyl groups is 1. The zero-order valence-electron chi connectivity index (χ0n) is 9.38. The topological polar surface area (TPSA) is 62.3 Å². The van der Waals surface area contributed by atoms with Crippen molar-refractivity contribution >= 4 is 5.97 Å². The van der Waals surface area contributed by atoms with E-state index in [4.69, 9.17) is 0 Å². The summed E-state index contributed by atoms with van der Waals surface area (Å²) in [5, 5.41) is 10.6. The van der Waals surface area contributed by atoms with E-state index >= 15 is 0 Å². The molecule has 0 amide bonds. The highest BCUT2D eigenvalue weighted by atomic mass is 16.5. The SMILES string of the molecule is COC(=O)[C@@](O)(c1ccccc1)c1ccc[nH]1. The van der Waals surface area contributed by atoms with Gasteiger partial charge < -0.3 is 14.8 Å². The number of aromatic amines is 1. The van der Waals surface area contributed by atoms with Crippen LogP contribution in [-0.2, 0) is 15.1 Å². The van der Waals surface area contributed by atoms with E-state index in [1.807, 2.05) is 6.07 Å². The van der Waals surface area contributed by atoms with Crippen molar-refractivity contribution in [1.82, 2.24) is 4.98 Å². The maximum atomic E-state index is 11.8. The molecule has 0 aliphatic heterocycles. The van der Waals surface area contributed by atoms with Crippen LogP contribution >= 0.6 is 0 Å². The highest BCUT2D eigenvalue weighted by Crippen LogP contribution is 2.29.